The third kappa shape index (κ3) is 4.45. The van der Waals surface area contributed by atoms with Crippen LogP contribution in [0.4, 0.5) is 28.2 Å². The van der Waals surface area contributed by atoms with Gasteiger partial charge in [-0.25, -0.2) is 19.7 Å². The normalized spacial score (nSPS) is 15.3. The van der Waals surface area contributed by atoms with Crippen LogP contribution in [0.25, 0.3) is 11.3 Å². The number of nitrogen functional groups attached to an aromatic ring is 1. The first-order valence-corrected chi connectivity index (χ1v) is 10.8. The summed E-state index contributed by atoms with van der Waals surface area (Å²) in [7, 11) is 0. The molecule has 1 saturated heterocycles. The van der Waals surface area contributed by atoms with E-state index in [1.807, 2.05) is 4.90 Å². The second-order valence-corrected chi connectivity index (χ2v) is 7.85. The van der Waals surface area contributed by atoms with Gasteiger partial charge in [0.25, 0.3) is 0 Å². The first kappa shape index (κ1) is 21.2. The van der Waals surface area contributed by atoms with E-state index in [0.717, 1.165) is 5.56 Å². The summed E-state index contributed by atoms with van der Waals surface area (Å²) in [6, 6.07) is 6.93. The van der Waals surface area contributed by atoms with Crippen molar-refractivity contribution in [2.75, 3.05) is 53.9 Å². The van der Waals surface area contributed by atoms with Gasteiger partial charge >= 0.3 is 6.09 Å². The molecule has 3 aromatic rings. The predicted molar refractivity (Wildman–Crippen MR) is 123 cm³/mol. The third-order valence-electron chi connectivity index (χ3n) is 5.32. The first-order valence-electron chi connectivity index (χ1n) is 10.4. The molecular formula is C21H21ClN8O3. The van der Waals surface area contributed by atoms with Crippen LogP contribution in [0.5, 0.6) is 0 Å². The molecule has 0 aliphatic carbocycles. The average molecular weight is 469 g/mol. The molecule has 2 aromatic heterocycles. The summed E-state index contributed by atoms with van der Waals surface area (Å²) >= 11 is 6.13. The van der Waals surface area contributed by atoms with Crippen molar-refractivity contribution in [2.45, 2.75) is 6.42 Å². The molecule has 4 heterocycles. The van der Waals surface area contributed by atoms with Gasteiger partial charge in [0.2, 0.25) is 11.9 Å². The van der Waals surface area contributed by atoms with Crippen LogP contribution in [-0.4, -0.2) is 58.9 Å². The molecule has 0 unspecified atom stereocenters. The number of hydrogen-bond donors (Lipinski definition) is 2. The van der Waals surface area contributed by atoms with E-state index in [2.05, 4.69) is 15.3 Å². The molecule has 0 bridgehead atoms. The number of aromatic nitrogens is 4. The number of carbonyl (C=O) groups excluding carboxylic acids is 1. The molecule has 3 N–H and O–H groups in total. The van der Waals surface area contributed by atoms with Gasteiger partial charge in [-0.15, -0.1) is 0 Å². The van der Waals surface area contributed by atoms with Crippen LogP contribution in [0.2, 0.25) is 5.02 Å². The third-order valence-corrected chi connectivity index (χ3v) is 5.65. The zero-order valence-corrected chi connectivity index (χ0v) is 18.3. The van der Waals surface area contributed by atoms with Crippen molar-refractivity contribution in [3.63, 3.8) is 0 Å². The second kappa shape index (κ2) is 9.04. The van der Waals surface area contributed by atoms with Crippen LogP contribution in [-0.2, 0) is 16.0 Å². The van der Waals surface area contributed by atoms with E-state index in [0.29, 0.717) is 73.0 Å². The fraction of sp³-hybridized carbons (Fsp3) is 0.286. The minimum Gasteiger partial charge on any atom is -0.378 e. The summed E-state index contributed by atoms with van der Waals surface area (Å²) in [5.74, 6) is 1.22. The zero-order valence-electron chi connectivity index (χ0n) is 17.6. The van der Waals surface area contributed by atoms with Crippen molar-refractivity contribution >= 4 is 41.1 Å². The molecule has 0 atom stereocenters. The number of anilines is 4. The molecule has 0 radical (unpaired) electrons. The fourth-order valence-electron chi connectivity index (χ4n) is 3.70. The number of rotatable bonds is 4. The average Bonchev–Trinajstić information content (AvgIpc) is 3.23. The number of fused-ring (bicyclic) bond motifs is 1. The maximum Gasteiger partial charge on any atom is 0.436 e. The van der Waals surface area contributed by atoms with Crippen molar-refractivity contribution in [2.24, 2.45) is 0 Å². The van der Waals surface area contributed by atoms with Crippen molar-refractivity contribution < 1.29 is 14.4 Å². The van der Waals surface area contributed by atoms with E-state index in [9.17, 15) is 4.79 Å². The Hall–Kier alpha value is -3.70. The number of nitrogens with one attached hydrogen (secondary N) is 1. The SMILES string of the molecule is Nc1ncc(-c2nc(N3CCOCC3)nc3c2CCN3OC(=O)Nc2ccccc2Cl)cn1. The van der Waals surface area contributed by atoms with E-state index in [4.69, 9.17) is 36.9 Å². The number of nitrogens with two attached hydrogens (primary N) is 1. The van der Waals surface area contributed by atoms with Crippen molar-refractivity contribution in [1.82, 2.24) is 19.9 Å². The van der Waals surface area contributed by atoms with Gasteiger partial charge in [0.1, 0.15) is 0 Å². The Morgan fingerprint density at radius 1 is 1.12 bits per heavy atom. The van der Waals surface area contributed by atoms with Gasteiger partial charge in [-0.3, -0.25) is 5.32 Å². The van der Waals surface area contributed by atoms with Crippen LogP contribution >= 0.6 is 11.6 Å². The molecule has 0 saturated carbocycles. The van der Waals surface area contributed by atoms with Gasteiger partial charge in [-0.1, -0.05) is 23.7 Å². The van der Waals surface area contributed by atoms with Crippen LogP contribution in [0.15, 0.2) is 36.7 Å². The Labute approximate surface area is 194 Å². The highest BCUT2D eigenvalue weighted by Gasteiger charge is 2.31. The Bertz CT molecular complexity index is 1170. The highest BCUT2D eigenvalue weighted by atomic mass is 35.5. The van der Waals surface area contributed by atoms with E-state index in [-0.39, 0.29) is 5.95 Å². The molecule has 5 rings (SSSR count). The fourth-order valence-corrected chi connectivity index (χ4v) is 3.89. The molecule has 11 nitrogen and oxygen atoms in total. The van der Waals surface area contributed by atoms with Gasteiger partial charge in [0, 0.05) is 36.6 Å². The summed E-state index contributed by atoms with van der Waals surface area (Å²) in [5, 5.41) is 4.54. The number of para-hydroxylation sites is 1. The minimum absolute atomic E-state index is 0.180. The number of morpholine rings is 1. The lowest BCUT2D eigenvalue weighted by molar-refractivity contribution is 0.122. The van der Waals surface area contributed by atoms with Gasteiger partial charge in [-0.2, -0.15) is 10.0 Å². The second-order valence-electron chi connectivity index (χ2n) is 7.44. The highest BCUT2D eigenvalue weighted by molar-refractivity contribution is 6.33. The molecule has 2 aliphatic heterocycles. The molecule has 170 valence electrons. The van der Waals surface area contributed by atoms with E-state index in [1.54, 1.807) is 36.7 Å². The monoisotopic (exact) mass is 468 g/mol. The molecular weight excluding hydrogens is 448 g/mol. The molecule has 12 heteroatoms. The maximum atomic E-state index is 12.6. The van der Waals surface area contributed by atoms with Crippen LogP contribution in [0.1, 0.15) is 5.56 Å². The molecule has 2 aliphatic rings. The number of ether oxygens (including phenoxy) is 1. The van der Waals surface area contributed by atoms with Crippen molar-refractivity contribution in [3.05, 3.63) is 47.2 Å². The maximum absolute atomic E-state index is 12.6. The van der Waals surface area contributed by atoms with Crippen LogP contribution in [0.3, 0.4) is 0 Å². The molecule has 33 heavy (non-hydrogen) atoms. The highest BCUT2D eigenvalue weighted by Crippen LogP contribution is 2.35. The van der Waals surface area contributed by atoms with Crippen LogP contribution < -0.4 is 21.0 Å². The predicted octanol–water partition coefficient (Wildman–Crippen LogP) is 2.53. The van der Waals surface area contributed by atoms with Crippen LogP contribution in [0, 0.1) is 0 Å². The first-order chi connectivity index (χ1) is 16.1. The number of carbonyl (C=O) groups is 1. The molecule has 1 fully saturated rings. The number of amides is 1. The van der Waals surface area contributed by atoms with E-state index < -0.39 is 6.09 Å². The Morgan fingerprint density at radius 2 is 1.88 bits per heavy atom. The van der Waals surface area contributed by atoms with Gasteiger partial charge < -0.3 is 20.2 Å². The standard InChI is InChI=1S/C21H21ClN8O3/c22-15-3-1-2-4-16(15)26-21(31)33-30-6-5-14-17(13-11-24-19(23)25-12-13)27-20(28-18(14)30)29-7-9-32-10-8-29/h1-4,11-12H,5-10H2,(H,26,31)(H2,23,24,25). The number of hydroxylamine groups is 1. The van der Waals surface area contributed by atoms with Crippen molar-refractivity contribution in [1.29, 1.82) is 0 Å². The Kier molecular flexibility index (Phi) is 5.80. The number of hydrogen-bond acceptors (Lipinski definition) is 10. The summed E-state index contributed by atoms with van der Waals surface area (Å²) in [6.07, 6.45) is 3.17. The van der Waals surface area contributed by atoms with Gasteiger partial charge in [0.05, 0.1) is 36.2 Å². The summed E-state index contributed by atoms with van der Waals surface area (Å²) in [4.78, 5) is 37.9. The molecule has 0 spiro atoms. The van der Waals surface area contributed by atoms with E-state index in [1.165, 1.54) is 5.06 Å². The quantitative estimate of drug-likeness (QED) is 0.588. The van der Waals surface area contributed by atoms with E-state index >= 15 is 0 Å². The van der Waals surface area contributed by atoms with Crippen molar-refractivity contribution in [3.8, 4) is 11.3 Å². The van der Waals surface area contributed by atoms with Gasteiger partial charge in [0.15, 0.2) is 5.82 Å². The lowest BCUT2D eigenvalue weighted by Crippen LogP contribution is -2.37. The molecule has 1 amide bonds. The summed E-state index contributed by atoms with van der Waals surface area (Å²) in [5.41, 5.74) is 8.34. The minimum atomic E-state index is -0.667. The lowest BCUT2D eigenvalue weighted by atomic mass is 10.1. The Morgan fingerprint density at radius 3 is 2.64 bits per heavy atom. The topological polar surface area (TPSA) is 132 Å². The zero-order chi connectivity index (χ0) is 22.8. The largest absolute Gasteiger partial charge is 0.436 e. The number of halogens is 1. The summed E-state index contributed by atoms with van der Waals surface area (Å²) in [6.45, 7) is 2.91. The Balaban J connectivity index is 1.46. The van der Waals surface area contributed by atoms with Gasteiger partial charge in [-0.05, 0) is 18.6 Å². The number of benzene rings is 1. The lowest BCUT2D eigenvalue weighted by Gasteiger charge is -2.28. The smallest absolute Gasteiger partial charge is 0.378 e. The number of nitrogens with zero attached hydrogens (tertiary/aromatic N) is 6. The molecule has 1 aromatic carbocycles. The summed E-state index contributed by atoms with van der Waals surface area (Å²) < 4.78 is 5.45.